The monoisotopic (exact) mass is 371 g/mol. The van der Waals surface area contributed by atoms with Gasteiger partial charge in [-0.25, -0.2) is 9.97 Å². The van der Waals surface area contributed by atoms with Crippen LogP contribution in [0.1, 0.15) is 15.9 Å². The minimum absolute atomic E-state index is 0.222. The number of nitrogens with one attached hydrogen (secondary N) is 1. The molecule has 0 atom stereocenters. The number of pyridine rings is 2. The van der Waals surface area contributed by atoms with Gasteiger partial charge in [0.1, 0.15) is 10.8 Å². The van der Waals surface area contributed by atoms with E-state index in [1.165, 1.54) is 17.3 Å². The van der Waals surface area contributed by atoms with Gasteiger partial charge in [-0.3, -0.25) is 4.79 Å². The lowest BCUT2D eigenvalue weighted by Gasteiger charge is -2.09. The summed E-state index contributed by atoms with van der Waals surface area (Å²) >= 11 is 1.47. The Kier molecular flexibility index (Phi) is 4.85. The van der Waals surface area contributed by atoms with Gasteiger partial charge in [0.25, 0.3) is 5.91 Å². The molecule has 2 aromatic heterocycles. The highest BCUT2D eigenvalue weighted by molar-refractivity contribution is 7.99. The summed E-state index contributed by atoms with van der Waals surface area (Å²) < 4.78 is 0. The van der Waals surface area contributed by atoms with E-state index in [-0.39, 0.29) is 5.91 Å². The predicted molar refractivity (Wildman–Crippen MR) is 109 cm³/mol. The Morgan fingerprint density at radius 2 is 1.74 bits per heavy atom. The molecule has 1 amide bonds. The van der Waals surface area contributed by atoms with E-state index < -0.39 is 0 Å². The van der Waals surface area contributed by atoms with Crippen LogP contribution in [0.25, 0.3) is 10.9 Å². The van der Waals surface area contributed by atoms with Crippen molar-refractivity contribution in [2.24, 2.45) is 0 Å². The summed E-state index contributed by atoms with van der Waals surface area (Å²) in [6.07, 6.45) is 1.70. The molecule has 0 aliphatic heterocycles. The fourth-order valence-electron chi connectivity index (χ4n) is 2.68. The van der Waals surface area contributed by atoms with Gasteiger partial charge < -0.3 is 5.32 Å². The molecule has 4 aromatic rings. The number of hydrogen-bond acceptors (Lipinski definition) is 4. The molecule has 0 saturated carbocycles. The van der Waals surface area contributed by atoms with E-state index >= 15 is 0 Å². The minimum Gasteiger partial charge on any atom is -0.306 e. The maximum atomic E-state index is 12.8. The summed E-state index contributed by atoms with van der Waals surface area (Å²) in [6, 6.07) is 23.3. The third-order valence-corrected chi connectivity index (χ3v) is 5.12. The van der Waals surface area contributed by atoms with E-state index in [0.717, 1.165) is 15.8 Å². The molecule has 5 heteroatoms. The third-order valence-electron chi connectivity index (χ3n) is 4.09. The fraction of sp³-hybridized carbons (Fsp3) is 0.0455. The summed E-state index contributed by atoms with van der Waals surface area (Å²) in [6.45, 7) is 2.05. The van der Waals surface area contributed by atoms with Crippen molar-refractivity contribution in [2.45, 2.75) is 16.8 Å². The van der Waals surface area contributed by atoms with Gasteiger partial charge in [-0.1, -0.05) is 47.7 Å². The van der Waals surface area contributed by atoms with Gasteiger partial charge >= 0.3 is 0 Å². The molecule has 0 spiro atoms. The van der Waals surface area contributed by atoms with Crippen molar-refractivity contribution in [1.82, 2.24) is 9.97 Å². The normalized spacial score (nSPS) is 10.7. The Labute approximate surface area is 161 Å². The number of carbonyl (C=O) groups excluding carboxylic acids is 1. The standard InChI is InChI=1S/C22H17N3OS/c1-15-8-11-17(12-9-15)27-22-18(6-4-14-23-22)21(26)25-20-13-10-16-5-2-3-7-19(16)24-20/h2-14H,1H3,(H,24,25,26). The van der Waals surface area contributed by atoms with Crippen molar-refractivity contribution in [3.8, 4) is 0 Å². The van der Waals surface area contributed by atoms with Crippen LogP contribution in [-0.4, -0.2) is 15.9 Å². The van der Waals surface area contributed by atoms with Gasteiger partial charge in [-0.2, -0.15) is 0 Å². The zero-order valence-electron chi connectivity index (χ0n) is 14.7. The molecule has 1 N–H and O–H groups in total. The van der Waals surface area contributed by atoms with Gasteiger partial charge in [0.2, 0.25) is 0 Å². The van der Waals surface area contributed by atoms with E-state index in [9.17, 15) is 4.79 Å². The first kappa shape index (κ1) is 17.2. The van der Waals surface area contributed by atoms with Crippen molar-refractivity contribution in [2.75, 3.05) is 5.32 Å². The smallest absolute Gasteiger partial charge is 0.259 e. The average Bonchev–Trinajstić information content (AvgIpc) is 2.70. The Morgan fingerprint density at radius 1 is 0.926 bits per heavy atom. The van der Waals surface area contributed by atoms with Crippen LogP contribution in [-0.2, 0) is 0 Å². The topological polar surface area (TPSA) is 54.9 Å². The van der Waals surface area contributed by atoms with Crippen LogP contribution in [0, 0.1) is 6.92 Å². The van der Waals surface area contributed by atoms with Gasteiger partial charge in [-0.05, 0) is 49.4 Å². The number of amides is 1. The second-order valence-corrected chi connectivity index (χ2v) is 7.18. The largest absolute Gasteiger partial charge is 0.306 e. The molecule has 4 rings (SSSR count). The van der Waals surface area contributed by atoms with Gasteiger partial charge in [-0.15, -0.1) is 0 Å². The van der Waals surface area contributed by atoms with Crippen molar-refractivity contribution >= 4 is 34.4 Å². The molecule has 0 aliphatic carbocycles. The van der Waals surface area contributed by atoms with E-state index in [2.05, 4.69) is 15.3 Å². The molecule has 0 saturated heterocycles. The molecular formula is C22H17N3OS. The predicted octanol–water partition coefficient (Wildman–Crippen LogP) is 5.34. The molecule has 0 aliphatic rings. The molecule has 0 bridgehead atoms. The van der Waals surface area contributed by atoms with Gasteiger partial charge in [0.15, 0.2) is 0 Å². The lowest BCUT2D eigenvalue weighted by atomic mass is 10.2. The van der Waals surface area contributed by atoms with Crippen LogP contribution in [0.2, 0.25) is 0 Å². The van der Waals surface area contributed by atoms with Crippen molar-refractivity contribution < 1.29 is 4.79 Å². The van der Waals surface area contributed by atoms with Crippen LogP contribution in [0.4, 0.5) is 5.82 Å². The minimum atomic E-state index is -0.222. The van der Waals surface area contributed by atoms with Crippen molar-refractivity contribution in [3.63, 3.8) is 0 Å². The third kappa shape index (κ3) is 3.99. The van der Waals surface area contributed by atoms with Gasteiger partial charge in [0, 0.05) is 16.5 Å². The SMILES string of the molecule is Cc1ccc(Sc2ncccc2C(=O)Nc2ccc3ccccc3n2)cc1. The number of aryl methyl sites for hydroxylation is 1. The van der Waals surface area contributed by atoms with Crippen molar-refractivity contribution in [1.29, 1.82) is 0 Å². The summed E-state index contributed by atoms with van der Waals surface area (Å²) in [7, 11) is 0. The number of anilines is 1. The van der Waals surface area contributed by atoms with Crippen LogP contribution in [0.3, 0.4) is 0 Å². The van der Waals surface area contributed by atoms with Crippen LogP contribution >= 0.6 is 11.8 Å². The summed E-state index contributed by atoms with van der Waals surface area (Å²) in [5.74, 6) is 0.300. The fourth-order valence-corrected chi connectivity index (χ4v) is 3.56. The van der Waals surface area contributed by atoms with Gasteiger partial charge in [0.05, 0.1) is 11.1 Å². The van der Waals surface area contributed by atoms with E-state index in [4.69, 9.17) is 0 Å². The Hall–Kier alpha value is -3.18. The number of fused-ring (bicyclic) bond motifs is 1. The highest BCUT2D eigenvalue weighted by atomic mass is 32.2. The van der Waals surface area contributed by atoms with Crippen LogP contribution in [0.15, 0.2) is 88.9 Å². The van der Waals surface area contributed by atoms with Crippen molar-refractivity contribution in [3.05, 3.63) is 90.1 Å². The van der Waals surface area contributed by atoms with E-state index in [0.29, 0.717) is 16.4 Å². The molecule has 0 unspecified atom stereocenters. The zero-order chi connectivity index (χ0) is 18.6. The zero-order valence-corrected chi connectivity index (χ0v) is 15.5. The summed E-state index contributed by atoms with van der Waals surface area (Å²) in [5, 5.41) is 4.58. The number of hydrogen-bond donors (Lipinski definition) is 1. The second kappa shape index (κ2) is 7.60. The highest BCUT2D eigenvalue weighted by Gasteiger charge is 2.14. The summed E-state index contributed by atoms with van der Waals surface area (Å²) in [4.78, 5) is 22.7. The Morgan fingerprint density at radius 3 is 2.59 bits per heavy atom. The first-order chi connectivity index (χ1) is 13.2. The number of rotatable bonds is 4. The Balaban J connectivity index is 1.58. The number of nitrogens with zero attached hydrogens (tertiary/aromatic N) is 2. The number of benzene rings is 2. The lowest BCUT2D eigenvalue weighted by molar-refractivity contribution is 0.102. The van der Waals surface area contributed by atoms with E-state index in [1.807, 2.05) is 67.6 Å². The number of aromatic nitrogens is 2. The maximum absolute atomic E-state index is 12.8. The highest BCUT2D eigenvalue weighted by Crippen LogP contribution is 2.29. The molecule has 2 heterocycles. The molecule has 27 heavy (non-hydrogen) atoms. The number of para-hydroxylation sites is 1. The lowest BCUT2D eigenvalue weighted by Crippen LogP contribution is -2.14. The quantitative estimate of drug-likeness (QED) is 0.526. The van der Waals surface area contributed by atoms with E-state index in [1.54, 1.807) is 18.3 Å². The molecular weight excluding hydrogens is 354 g/mol. The Bertz CT molecular complexity index is 1110. The van der Waals surface area contributed by atoms with Crippen LogP contribution < -0.4 is 5.32 Å². The van der Waals surface area contributed by atoms with Crippen LogP contribution in [0.5, 0.6) is 0 Å². The number of carbonyl (C=O) groups is 1. The second-order valence-electron chi connectivity index (χ2n) is 6.11. The average molecular weight is 371 g/mol. The summed E-state index contributed by atoms with van der Waals surface area (Å²) in [5.41, 5.74) is 2.56. The molecule has 0 fully saturated rings. The molecule has 2 aromatic carbocycles. The molecule has 4 nitrogen and oxygen atoms in total. The first-order valence-electron chi connectivity index (χ1n) is 8.56. The first-order valence-corrected chi connectivity index (χ1v) is 9.37. The maximum Gasteiger partial charge on any atom is 0.259 e. The molecule has 0 radical (unpaired) electrons. The molecule has 132 valence electrons.